The largest absolute Gasteiger partial charge is 0.495 e. The van der Waals surface area contributed by atoms with Crippen LogP contribution >= 0.6 is 0 Å². The minimum absolute atomic E-state index is 0.404. The fourth-order valence-corrected chi connectivity index (χ4v) is 6.18. The summed E-state index contributed by atoms with van der Waals surface area (Å²) in [4.78, 5) is 2.64. The molecule has 1 saturated heterocycles. The first-order valence-corrected chi connectivity index (χ1v) is 10.4. The zero-order valence-corrected chi connectivity index (χ0v) is 16.5. The second-order valence-corrected chi connectivity index (χ2v) is 8.71. The fourth-order valence-electron chi connectivity index (χ4n) is 6.18. The van der Waals surface area contributed by atoms with Crippen molar-refractivity contribution < 1.29 is 4.74 Å². The smallest absolute Gasteiger partial charge is 0.142 e. The van der Waals surface area contributed by atoms with E-state index in [9.17, 15) is 0 Å². The maximum Gasteiger partial charge on any atom is 0.142 e. The van der Waals surface area contributed by atoms with Crippen LogP contribution in [0.15, 0.2) is 42.5 Å². The van der Waals surface area contributed by atoms with Crippen LogP contribution in [0.1, 0.15) is 43.2 Å². The highest BCUT2D eigenvalue weighted by molar-refractivity contribution is 5.67. The van der Waals surface area contributed by atoms with Crippen molar-refractivity contribution in [3.8, 4) is 5.75 Å². The molecule has 2 bridgehead atoms. The van der Waals surface area contributed by atoms with E-state index in [-0.39, 0.29) is 0 Å². The van der Waals surface area contributed by atoms with E-state index < -0.39 is 0 Å². The molecule has 2 aromatic carbocycles. The van der Waals surface area contributed by atoms with Gasteiger partial charge in [-0.1, -0.05) is 31.0 Å². The van der Waals surface area contributed by atoms with Gasteiger partial charge in [-0.25, -0.2) is 0 Å². The van der Waals surface area contributed by atoms with Crippen molar-refractivity contribution in [2.75, 3.05) is 26.0 Å². The Morgan fingerprint density at radius 3 is 2.89 bits per heavy atom. The predicted octanol–water partition coefficient (Wildman–Crippen LogP) is 5.13. The first-order chi connectivity index (χ1) is 13.2. The molecule has 3 heteroatoms. The number of methoxy groups -OCH3 is 1. The highest BCUT2D eigenvalue weighted by atomic mass is 16.5. The number of benzene rings is 2. The molecule has 2 fully saturated rings. The highest BCUT2D eigenvalue weighted by Crippen LogP contribution is 2.55. The molecular formula is C24H30N2O. The van der Waals surface area contributed by atoms with Crippen molar-refractivity contribution in [3.63, 3.8) is 0 Å². The van der Waals surface area contributed by atoms with Gasteiger partial charge in [-0.2, -0.15) is 0 Å². The molecule has 1 saturated carbocycles. The van der Waals surface area contributed by atoms with Crippen LogP contribution in [0.2, 0.25) is 0 Å². The molecule has 2 aliphatic carbocycles. The van der Waals surface area contributed by atoms with Crippen LogP contribution < -0.4 is 10.1 Å². The molecule has 5 rings (SSSR count). The highest BCUT2D eigenvalue weighted by Gasteiger charge is 2.52. The molecule has 0 amide bonds. The average Bonchev–Trinajstić information content (AvgIpc) is 2.71. The van der Waals surface area contributed by atoms with Crippen molar-refractivity contribution in [2.24, 2.45) is 5.92 Å². The third-order valence-electron chi connectivity index (χ3n) is 7.50. The lowest BCUT2D eigenvalue weighted by Gasteiger charge is -2.58. The van der Waals surface area contributed by atoms with Crippen molar-refractivity contribution in [1.29, 1.82) is 0 Å². The van der Waals surface area contributed by atoms with Crippen molar-refractivity contribution >= 4 is 11.4 Å². The number of anilines is 2. The molecule has 27 heavy (non-hydrogen) atoms. The number of hydrogen-bond donors (Lipinski definition) is 1. The van der Waals surface area contributed by atoms with Crippen molar-refractivity contribution in [2.45, 2.75) is 50.0 Å². The summed E-state index contributed by atoms with van der Waals surface area (Å²) in [6.45, 7) is 1.24. The second kappa shape index (κ2) is 6.56. The number of likely N-dealkylation sites (tertiary alicyclic amines) is 1. The molecule has 142 valence electrons. The molecule has 1 aliphatic heterocycles. The zero-order chi connectivity index (χ0) is 18.4. The van der Waals surface area contributed by atoms with E-state index in [0.29, 0.717) is 5.41 Å². The van der Waals surface area contributed by atoms with Gasteiger partial charge >= 0.3 is 0 Å². The van der Waals surface area contributed by atoms with Gasteiger partial charge in [0.2, 0.25) is 0 Å². The lowest BCUT2D eigenvalue weighted by molar-refractivity contribution is 0.00290. The Morgan fingerprint density at radius 2 is 2.00 bits per heavy atom. The maximum atomic E-state index is 5.52. The monoisotopic (exact) mass is 362 g/mol. The molecule has 3 aliphatic rings. The Hall–Kier alpha value is -2.00. The maximum absolute atomic E-state index is 5.52. The van der Waals surface area contributed by atoms with E-state index in [2.05, 4.69) is 47.6 Å². The van der Waals surface area contributed by atoms with Gasteiger partial charge in [0.25, 0.3) is 0 Å². The number of nitrogens with zero attached hydrogens (tertiary/aromatic N) is 1. The molecule has 3 atom stereocenters. The molecule has 1 heterocycles. The Kier molecular flexibility index (Phi) is 4.16. The summed E-state index contributed by atoms with van der Waals surface area (Å²) in [6.07, 6.45) is 8.09. The molecule has 1 unspecified atom stereocenters. The number of para-hydroxylation sites is 2. The van der Waals surface area contributed by atoms with Gasteiger partial charge in [0.1, 0.15) is 5.75 Å². The van der Waals surface area contributed by atoms with Crippen LogP contribution in [0, 0.1) is 5.92 Å². The van der Waals surface area contributed by atoms with E-state index in [1.807, 2.05) is 12.1 Å². The SMILES string of the molecule is COc1ccccc1Nc1ccc2c(c1)C13CCCC[C@H]1[C@@H](C2)N(C)CC3. The van der Waals surface area contributed by atoms with Gasteiger partial charge in [-0.05, 0) is 80.6 Å². The molecule has 0 spiro atoms. The minimum atomic E-state index is 0.404. The first kappa shape index (κ1) is 17.1. The van der Waals surface area contributed by atoms with Gasteiger partial charge in [-0.15, -0.1) is 0 Å². The topological polar surface area (TPSA) is 24.5 Å². The van der Waals surface area contributed by atoms with E-state index in [4.69, 9.17) is 4.74 Å². The van der Waals surface area contributed by atoms with Crippen LogP contribution in [0.3, 0.4) is 0 Å². The van der Waals surface area contributed by atoms with Crippen molar-refractivity contribution in [1.82, 2.24) is 4.90 Å². The van der Waals surface area contributed by atoms with Crippen LogP contribution in [-0.2, 0) is 11.8 Å². The number of nitrogens with one attached hydrogen (secondary N) is 1. The summed E-state index contributed by atoms with van der Waals surface area (Å²) < 4.78 is 5.52. The molecule has 0 aromatic heterocycles. The Bertz CT molecular complexity index is 848. The van der Waals surface area contributed by atoms with Crippen LogP contribution in [-0.4, -0.2) is 31.6 Å². The number of piperidine rings is 1. The van der Waals surface area contributed by atoms with E-state index in [0.717, 1.165) is 23.4 Å². The van der Waals surface area contributed by atoms with Crippen molar-refractivity contribution in [3.05, 3.63) is 53.6 Å². The average molecular weight is 363 g/mol. The normalized spacial score (nSPS) is 29.6. The minimum Gasteiger partial charge on any atom is -0.495 e. The lowest BCUT2D eigenvalue weighted by Crippen LogP contribution is -2.59. The van der Waals surface area contributed by atoms with Gasteiger partial charge < -0.3 is 15.0 Å². The van der Waals surface area contributed by atoms with Gasteiger partial charge in [0.05, 0.1) is 12.8 Å². The molecule has 2 aromatic rings. The van der Waals surface area contributed by atoms with E-state index in [1.165, 1.54) is 50.8 Å². The van der Waals surface area contributed by atoms with E-state index in [1.54, 1.807) is 18.2 Å². The fraction of sp³-hybridized carbons (Fsp3) is 0.500. The summed E-state index contributed by atoms with van der Waals surface area (Å²) in [6, 6.07) is 16.0. The molecule has 0 radical (unpaired) electrons. The third kappa shape index (κ3) is 2.67. The van der Waals surface area contributed by atoms with Gasteiger partial charge in [0.15, 0.2) is 0 Å². The number of fused-ring (bicyclic) bond motifs is 1. The number of rotatable bonds is 3. The quantitative estimate of drug-likeness (QED) is 0.819. The van der Waals surface area contributed by atoms with Crippen LogP contribution in [0.5, 0.6) is 5.75 Å². The summed E-state index contributed by atoms with van der Waals surface area (Å²) in [7, 11) is 4.07. The molecule has 1 N–H and O–H groups in total. The predicted molar refractivity (Wildman–Crippen MR) is 111 cm³/mol. The number of ether oxygens (including phenoxy) is 1. The van der Waals surface area contributed by atoms with Crippen LogP contribution in [0.25, 0.3) is 0 Å². The van der Waals surface area contributed by atoms with Gasteiger partial charge in [-0.3, -0.25) is 0 Å². The van der Waals surface area contributed by atoms with Crippen LogP contribution in [0.4, 0.5) is 11.4 Å². The summed E-state index contributed by atoms with van der Waals surface area (Å²) in [5, 5.41) is 3.61. The zero-order valence-electron chi connectivity index (χ0n) is 16.5. The Labute approximate surface area is 162 Å². The molecular weight excluding hydrogens is 332 g/mol. The van der Waals surface area contributed by atoms with E-state index >= 15 is 0 Å². The number of hydrogen-bond acceptors (Lipinski definition) is 3. The Balaban J connectivity index is 1.55. The lowest BCUT2D eigenvalue weighted by atomic mass is 9.52. The molecule has 3 nitrogen and oxygen atoms in total. The Morgan fingerprint density at radius 1 is 1.11 bits per heavy atom. The third-order valence-corrected chi connectivity index (χ3v) is 7.50. The summed E-state index contributed by atoms with van der Waals surface area (Å²) >= 11 is 0. The standard InChI is InChI=1S/C24H30N2O/c1-26-14-13-24-12-6-5-7-19(24)22(26)15-17-10-11-18(16-20(17)24)25-21-8-3-4-9-23(21)27-2/h3-4,8-11,16,19,22,25H,5-7,12-15H2,1-2H3/t19-,22+,24?/m0/s1. The summed E-state index contributed by atoms with van der Waals surface area (Å²) in [5.41, 5.74) is 5.84. The number of likely N-dealkylation sites (N-methyl/N-ethyl adjacent to an activating group) is 1. The second-order valence-electron chi connectivity index (χ2n) is 8.71. The van der Waals surface area contributed by atoms with Gasteiger partial charge in [0, 0.05) is 17.1 Å². The first-order valence-electron chi connectivity index (χ1n) is 10.4. The summed E-state index contributed by atoms with van der Waals surface area (Å²) in [5.74, 6) is 1.72.